The fourth-order valence-electron chi connectivity index (χ4n) is 2.24. The minimum Gasteiger partial charge on any atom is -0.489 e. The van der Waals surface area contributed by atoms with E-state index in [1.54, 1.807) is 5.48 Å². The van der Waals surface area contributed by atoms with E-state index in [1.165, 1.54) is 0 Å². The number of hydrogen-bond donors (Lipinski definition) is 2. The highest BCUT2D eigenvalue weighted by Crippen LogP contribution is 2.20. The molecule has 3 rings (SSSR count). The number of amides is 1. The number of hydrogen-bond acceptors (Lipinski definition) is 5. The molecule has 1 unspecified atom stereocenters. The second kappa shape index (κ2) is 6.93. The van der Waals surface area contributed by atoms with Crippen molar-refractivity contribution >= 4 is 11.6 Å². The van der Waals surface area contributed by atoms with Crippen molar-refractivity contribution < 1.29 is 19.6 Å². The van der Waals surface area contributed by atoms with Crippen molar-refractivity contribution in [2.24, 2.45) is 5.16 Å². The summed E-state index contributed by atoms with van der Waals surface area (Å²) >= 11 is 0. The van der Waals surface area contributed by atoms with E-state index in [-0.39, 0.29) is 0 Å². The first-order chi connectivity index (χ1) is 11.3. The average molecular weight is 312 g/mol. The van der Waals surface area contributed by atoms with Gasteiger partial charge in [0.2, 0.25) is 6.10 Å². The summed E-state index contributed by atoms with van der Waals surface area (Å²) in [6.07, 6.45) is -0.472. The Morgan fingerprint density at radius 2 is 1.96 bits per heavy atom. The van der Waals surface area contributed by atoms with Gasteiger partial charge in [0.15, 0.2) is 0 Å². The van der Waals surface area contributed by atoms with Gasteiger partial charge in [0.05, 0.1) is 5.71 Å². The monoisotopic (exact) mass is 312 g/mol. The number of carbonyl (C=O) groups is 1. The van der Waals surface area contributed by atoms with Gasteiger partial charge in [-0.05, 0) is 35.4 Å². The Hall–Kier alpha value is -2.86. The molecule has 6 nitrogen and oxygen atoms in total. The number of nitrogens with zero attached hydrogens (tertiary/aromatic N) is 1. The molecule has 0 saturated carbocycles. The van der Waals surface area contributed by atoms with Crippen LogP contribution in [-0.2, 0) is 16.2 Å². The predicted molar refractivity (Wildman–Crippen MR) is 83.2 cm³/mol. The van der Waals surface area contributed by atoms with Gasteiger partial charge in [-0.2, -0.15) is 0 Å². The second-order valence-electron chi connectivity index (χ2n) is 5.11. The molecule has 6 heteroatoms. The molecule has 0 saturated heterocycles. The lowest BCUT2D eigenvalue weighted by molar-refractivity contribution is -0.139. The van der Waals surface area contributed by atoms with Crippen LogP contribution in [0.25, 0.3) is 0 Å². The maximum atomic E-state index is 11.3. The second-order valence-corrected chi connectivity index (χ2v) is 5.11. The molecule has 118 valence electrons. The molecule has 1 atom stereocenters. The Morgan fingerprint density at radius 3 is 2.65 bits per heavy atom. The van der Waals surface area contributed by atoms with Crippen LogP contribution in [0.5, 0.6) is 5.75 Å². The average Bonchev–Trinajstić information content (AvgIpc) is 3.11. The minimum atomic E-state index is -0.788. The molecule has 0 spiro atoms. The van der Waals surface area contributed by atoms with Crippen LogP contribution in [0.2, 0.25) is 0 Å². The van der Waals surface area contributed by atoms with Gasteiger partial charge in [-0.1, -0.05) is 35.5 Å². The van der Waals surface area contributed by atoms with Crippen molar-refractivity contribution in [2.75, 3.05) is 0 Å². The molecular weight excluding hydrogens is 296 g/mol. The summed E-state index contributed by atoms with van der Waals surface area (Å²) in [5.74, 6) is 0.147. The highest BCUT2D eigenvalue weighted by Gasteiger charge is 2.28. The van der Waals surface area contributed by atoms with E-state index in [1.807, 2.05) is 54.6 Å². The zero-order valence-corrected chi connectivity index (χ0v) is 12.3. The van der Waals surface area contributed by atoms with Crippen molar-refractivity contribution in [3.63, 3.8) is 0 Å². The van der Waals surface area contributed by atoms with E-state index in [9.17, 15) is 4.79 Å². The number of oxime groups is 1. The Kier molecular flexibility index (Phi) is 4.54. The van der Waals surface area contributed by atoms with Gasteiger partial charge in [-0.15, -0.1) is 0 Å². The number of rotatable bonds is 5. The van der Waals surface area contributed by atoms with Gasteiger partial charge >= 0.3 is 0 Å². The van der Waals surface area contributed by atoms with E-state index in [0.717, 1.165) is 16.9 Å². The largest absolute Gasteiger partial charge is 0.489 e. The zero-order valence-electron chi connectivity index (χ0n) is 12.3. The third-order valence-corrected chi connectivity index (χ3v) is 3.51. The van der Waals surface area contributed by atoms with Crippen LogP contribution < -0.4 is 10.2 Å². The van der Waals surface area contributed by atoms with Crippen LogP contribution in [0.1, 0.15) is 17.5 Å². The SMILES string of the molecule is O=C(NO)C1CC(c2ccc(OCc3ccccc3)cc2)=NO1. The van der Waals surface area contributed by atoms with Crippen LogP contribution in [0.15, 0.2) is 59.8 Å². The van der Waals surface area contributed by atoms with Crippen LogP contribution in [0.4, 0.5) is 0 Å². The maximum absolute atomic E-state index is 11.3. The fraction of sp³-hybridized carbons (Fsp3) is 0.176. The molecule has 0 fully saturated rings. The molecule has 2 N–H and O–H groups in total. The fourth-order valence-corrected chi connectivity index (χ4v) is 2.24. The molecule has 1 aliphatic rings. The maximum Gasteiger partial charge on any atom is 0.287 e. The van der Waals surface area contributed by atoms with Crippen LogP contribution >= 0.6 is 0 Å². The lowest BCUT2D eigenvalue weighted by atomic mass is 10.0. The summed E-state index contributed by atoms with van der Waals surface area (Å²) < 4.78 is 5.72. The number of ether oxygens (including phenoxy) is 1. The normalized spacial score (nSPS) is 16.4. The quantitative estimate of drug-likeness (QED) is 0.655. The Bertz CT molecular complexity index is 698. The molecular formula is C17H16N2O4. The molecule has 0 aromatic heterocycles. The molecule has 1 amide bonds. The van der Waals surface area contributed by atoms with Gasteiger partial charge in [0, 0.05) is 6.42 Å². The first kappa shape index (κ1) is 15.1. The highest BCUT2D eigenvalue weighted by molar-refractivity contribution is 6.04. The Labute approximate surface area is 133 Å². The van der Waals surface area contributed by atoms with E-state index in [0.29, 0.717) is 18.7 Å². The predicted octanol–water partition coefficient (Wildman–Crippen LogP) is 2.26. The third-order valence-electron chi connectivity index (χ3n) is 3.51. The zero-order chi connectivity index (χ0) is 16.1. The van der Waals surface area contributed by atoms with Gasteiger partial charge in [-0.3, -0.25) is 10.0 Å². The molecule has 1 heterocycles. The van der Waals surface area contributed by atoms with Crippen molar-refractivity contribution in [3.05, 3.63) is 65.7 Å². The van der Waals surface area contributed by atoms with Crippen molar-refractivity contribution in [1.82, 2.24) is 5.48 Å². The third kappa shape index (κ3) is 3.67. The highest BCUT2D eigenvalue weighted by atomic mass is 16.6. The topological polar surface area (TPSA) is 80.2 Å². The van der Waals surface area contributed by atoms with E-state index >= 15 is 0 Å². The van der Waals surface area contributed by atoms with Gasteiger partial charge in [0.1, 0.15) is 12.4 Å². The van der Waals surface area contributed by atoms with E-state index in [4.69, 9.17) is 14.8 Å². The molecule has 23 heavy (non-hydrogen) atoms. The first-order valence-corrected chi connectivity index (χ1v) is 7.20. The van der Waals surface area contributed by atoms with Crippen LogP contribution in [0.3, 0.4) is 0 Å². The van der Waals surface area contributed by atoms with Crippen molar-refractivity contribution in [2.45, 2.75) is 19.1 Å². The Morgan fingerprint density at radius 1 is 1.22 bits per heavy atom. The van der Waals surface area contributed by atoms with Gasteiger partial charge in [0.25, 0.3) is 5.91 Å². The van der Waals surface area contributed by atoms with Crippen LogP contribution in [-0.4, -0.2) is 22.9 Å². The van der Waals surface area contributed by atoms with Gasteiger partial charge in [-0.25, -0.2) is 5.48 Å². The number of benzene rings is 2. The molecule has 0 radical (unpaired) electrons. The summed E-state index contributed by atoms with van der Waals surface area (Å²) in [5.41, 5.74) is 4.18. The summed E-state index contributed by atoms with van der Waals surface area (Å²) in [4.78, 5) is 16.3. The molecule has 2 aromatic rings. The first-order valence-electron chi connectivity index (χ1n) is 7.20. The van der Waals surface area contributed by atoms with E-state index in [2.05, 4.69) is 5.16 Å². The van der Waals surface area contributed by atoms with Gasteiger partial charge < -0.3 is 9.57 Å². The Balaban J connectivity index is 1.58. The summed E-state index contributed by atoms with van der Waals surface area (Å²) in [7, 11) is 0. The number of nitrogens with one attached hydrogen (secondary N) is 1. The number of hydroxylamine groups is 1. The molecule has 2 aromatic carbocycles. The molecule has 0 bridgehead atoms. The van der Waals surface area contributed by atoms with Crippen molar-refractivity contribution in [1.29, 1.82) is 0 Å². The lowest BCUT2D eigenvalue weighted by Crippen LogP contribution is -2.32. The number of carbonyl (C=O) groups excluding carboxylic acids is 1. The van der Waals surface area contributed by atoms with E-state index < -0.39 is 12.0 Å². The summed E-state index contributed by atoms with van der Waals surface area (Å²) in [5, 5.41) is 12.5. The van der Waals surface area contributed by atoms with Crippen molar-refractivity contribution in [3.8, 4) is 5.75 Å². The summed E-state index contributed by atoms with van der Waals surface area (Å²) in [6.45, 7) is 0.503. The standard InChI is InChI=1S/C17H16N2O4/c20-17(18-21)16-10-15(19-23-16)13-6-8-14(9-7-13)22-11-12-4-2-1-3-5-12/h1-9,16,21H,10-11H2,(H,18,20). The molecule has 1 aliphatic heterocycles. The molecule has 0 aliphatic carbocycles. The summed E-state index contributed by atoms with van der Waals surface area (Å²) in [6, 6.07) is 17.3. The lowest BCUT2D eigenvalue weighted by Gasteiger charge is -2.07. The van der Waals surface area contributed by atoms with Crippen LogP contribution in [0, 0.1) is 0 Å². The smallest absolute Gasteiger partial charge is 0.287 e. The minimum absolute atomic E-state index is 0.316.